The summed E-state index contributed by atoms with van der Waals surface area (Å²) in [7, 11) is 0. The molecule has 1 aromatic carbocycles. The maximum atomic E-state index is 10.2. The van der Waals surface area contributed by atoms with E-state index in [2.05, 4.69) is 31.2 Å². The molecule has 2 aromatic rings. The average Bonchev–Trinajstić information content (AvgIpc) is 2.59. The largest absolute Gasteiger partial charge is 0.299 e. The quantitative estimate of drug-likeness (QED) is 0.538. The molecule has 2 rings (SSSR count). The molecule has 1 heterocycles. The molecule has 0 atom stereocenters. The summed E-state index contributed by atoms with van der Waals surface area (Å²) in [5, 5.41) is 1.25. The molecule has 0 amide bonds. The fourth-order valence-corrected chi connectivity index (χ4v) is 2.49. The zero-order valence-electron chi connectivity index (χ0n) is 7.86. The summed E-state index contributed by atoms with van der Waals surface area (Å²) in [5.74, 6) is 0. The van der Waals surface area contributed by atoms with E-state index in [0.29, 0.717) is 0 Å². The second-order valence-electron chi connectivity index (χ2n) is 3.14. The van der Waals surface area contributed by atoms with E-state index in [-0.39, 0.29) is 0 Å². The van der Waals surface area contributed by atoms with Gasteiger partial charge in [0.05, 0.1) is 0 Å². The third-order valence-corrected chi connectivity index (χ3v) is 3.35. The van der Waals surface area contributed by atoms with Gasteiger partial charge in [-0.1, -0.05) is 18.2 Å². The Balaban J connectivity index is 2.56. The number of rotatable bonds is 2. The lowest BCUT2D eigenvalue weighted by Gasteiger charge is -1.91. The highest BCUT2D eigenvalue weighted by atomic mass is 32.1. The van der Waals surface area contributed by atoms with E-state index in [9.17, 15) is 4.79 Å². The molecule has 0 unspecified atom stereocenters. The van der Waals surface area contributed by atoms with Crippen molar-refractivity contribution in [2.24, 2.45) is 0 Å². The maximum absolute atomic E-state index is 10.2. The molecule has 0 N–H and O–H groups in total. The zero-order valence-corrected chi connectivity index (χ0v) is 8.67. The smallest absolute Gasteiger partial charge is 0.142 e. The average molecular weight is 202 g/mol. The van der Waals surface area contributed by atoms with Gasteiger partial charge in [-0.2, -0.15) is 0 Å². The lowest BCUT2D eigenvalue weighted by atomic mass is 10.2. The third kappa shape index (κ3) is 1.61. The van der Waals surface area contributed by atoms with Crippen molar-refractivity contribution < 1.29 is 4.79 Å². The molecule has 0 aliphatic carbocycles. The lowest BCUT2D eigenvalue weighted by molar-refractivity contribution is -0.104. The van der Waals surface area contributed by atoms with Crippen LogP contribution in [0.3, 0.4) is 0 Å². The summed E-state index contributed by atoms with van der Waals surface area (Å²) in [5.41, 5.74) is 1.29. The number of carbonyl (C=O) groups excluding carboxylic acids is 1. The van der Waals surface area contributed by atoms with Crippen molar-refractivity contribution in [2.45, 2.75) is 6.92 Å². The second kappa shape index (κ2) is 3.76. The van der Waals surface area contributed by atoms with Gasteiger partial charge in [-0.3, -0.25) is 4.79 Å². The van der Waals surface area contributed by atoms with Crippen LogP contribution in [0.4, 0.5) is 0 Å². The molecule has 1 nitrogen and oxygen atoms in total. The Hall–Kier alpha value is -1.41. The molecule has 0 radical (unpaired) electrons. The molecule has 0 aliphatic rings. The molecule has 0 fully saturated rings. The Morgan fingerprint density at radius 3 is 2.93 bits per heavy atom. The Morgan fingerprint density at radius 2 is 2.21 bits per heavy atom. The van der Waals surface area contributed by atoms with Gasteiger partial charge in [0.1, 0.15) is 6.29 Å². The molecule has 0 spiro atoms. The van der Waals surface area contributed by atoms with E-state index in [1.165, 1.54) is 21.7 Å². The molecular formula is C12H10OS. The number of carbonyl (C=O) groups is 1. The standard InChI is InChI=1S/C12H10OS/c1-9-4-2-5-10-8-11(6-3-7-13)14-12(9)10/h2-8H,1H3. The van der Waals surface area contributed by atoms with Gasteiger partial charge in [0, 0.05) is 9.58 Å². The fraction of sp³-hybridized carbons (Fsp3) is 0.0833. The monoisotopic (exact) mass is 202 g/mol. The Bertz CT molecular complexity index is 494. The van der Waals surface area contributed by atoms with Crippen molar-refractivity contribution >= 4 is 33.8 Å². The third-order valence-electron chi connectivity index (χ3n) is 2.10. The van der Waals surface area contributed by atoms with Crippen LogP contribution < -0.4 is 0 Å². The van der Waals surface area contributed by atoms with Crippen LogP contribution in [0.5, 0.6) is 0 Å². The van der Waals surface area contributed by atoms with E-state index in [0.717, 1.165) is 11.2 Å². The van der Waals surface area contributed by atoms with Crippen molar-refractivity contribution in [2.75, 3.05) is 0 Å². The van der Waals surface area contributed by atoms with Gasteiger partial charge in [0.15, 0.2) is 0 Å². The number of allylic oxidation sites excluding steroid dienone is 1. The fourth-order valence-electron chi connectivity index (χ4n) is 1.45. The zero-order chi connectivity index (χ0) is 9.97. The molecule has 0 aliphatic heterocycles. The number of hydrogen-bond acceptors (Lipinski definition) is 2. The van der Waals surface area contributed by atoms with Crippen LogP contribution in [-0.4, -0.2) is 6.29 Å². The second-order valence-corrected chi connectivity index (χ2v) is 4.22. The number of hydrogen-bond donors (Lipinski definition) is 0. The predicted molar refractivity (Wildman–Crippen MR) is 61.7 cm³/mol. The predicted octanol–water partition coefficient (Wildman–Crippen LogP) is 3.42. The Kier molecular flexibility index (Phi) is 2.46. The van der Waals surface area contributed by atoms with Crippen LogP contribution >= 0.6 is 11.3 Å². The minimum Gasteiger partial charge on any atom is -0.299 e. The summed E-state index contributed by atoms with van der Waals surface area (Å²) < 4.78 is 1.30. The van der Waals surface area contributed by atoms with Gasteiger partial charge in [-0.25, -0.2) is 0 Å². The van der Waals surface area contributed by atoms with Gasteiger partial charge >= 0.3 is 0 Å². The van der Waals surface area contributed by atoms with Crippen molar-refractivity contribution in [3.8, 4) is 0 Å². The molecule has 0 saturated heterocycles. The van der Waals surface area contributed by atoms with Crippen LogP contribution in [0, 0.1) is 6.92 Å². The van der Waals surface area contributed by atoms with Crippen LogP contribution in [0.25, 0.3) is 16.2 Å². The first kappa shape index (κ1) is 9.16. The summed E-state index contributed by atoms with van der Waals surface area (Å²) in [6.07, 6.45) is 4.17. The highest BCUT2D eigenvalue weighted by molar-refractivity contribution is 7.20. The first-order chi connectivity index (χ1) is 6.81. The van der Waals surface area contributed by atoms with Crippen molar-refractivity contribution in [3.63, 3.8) is 0 Å². The summed E-state index contributed by atoms with van der Waals surface area (Å²) in [4.78, 5) is 11.3. The SMILES string of the molecule is Cc1cccc2cc(C=CC=O)sc12. The number of aryl methyl sites for hydroxylation is 1. The highest BCUT2D eigenvalue weighted by Gasteiger charge is 2.00. The van der Waals surface area contributed by atoms with Gasteiger partial charge in [-0.15, -0.1) is 11.3 Å². The topological polar surface area (TPSA) is 17.1 Å². The van der Waals surface area contributed by atoms with Crippen molar-refractivity contribution in [1.82, 2.24) is 0 Å². The van der Waals surface area contributed by atoms with E-state index in [1.54, 1.807) is 11.3 Å². The molecule has 70 valence electrons. The van der Waals surface area contributed by atoms with Gasteiger partial charge < -0.3 is 0 Å². The van der Waals surface area contributed by atoms with E-state index < -0.39 is 0 Å². The van der Waals surface area contributed by atoms with Crippen LogP contribution in [0.2, 0.25) is 0 Å². The molecule has 0 bridgehead atoms. The van der Waals surface area contributed by atoms with Gasteiger partial charge in [-0.05, 0) is 36.1 Å². The Labute approximate surface area is 86.7 Å². The number of thiophene rings is 1. The number of aldehydes is 1. The minimum atomic E-state index is 0.803. The molecular weight excluding hydrogens is 192 g/mol. The number of benzene rings is 1. The molecule has 1 aromatic heterocycles. The van der Waals surface area contributed by atoms with Crippen molar-refractivity contribution in [1.29, 1.82) is 0 Å². The molecule has 2 heteroatoms. The van der Waals surface area contributed by atoms with Gasteiger partial charge in [0.25, 0.3) is 0 Å². The van der Waals surface area contributed by atoms with E-state index in [1.807, 2.05) is 6.08 Å². The highest BCUT2D eigenvalue weighted by Crippen LogP contribution is 2.28. The minimum absolute atomic E-state index is 0.803. The van der Waals surface area contributed by atoms with Crippen LogP contribution in [-0.2, 0) is 4.79 Å². The lowest BCUT2D eigenvalue weighted by Crippen LogP contribution is -1.68. The van der Waals surface area contributed by atoms with Crippen molar-refractivity contribution in [3.05, 3.63) is 40.8 Å². The summed E-state index contributed by atoms with van der Waals surface area (Å²) in [6.45, 7) is 2.10. The van der Waals surface area contributed by atoms with E-state index >= 15 is 0 Å². The maximum Gasteiger partial charge on any atom is 0.142 e. The summed E-state index contributed by atoms with van der Waals surface area (Å²) >= 11 is 1.72. The first-order valence-electron chi connectivity index (χ1n) is 4.42. The normalized spacial score (nSPS) is 11.2. The molecule has 0 saturated carbocycles. The van der Waals surface area contributed by atoms with Crippen LogP contribution in [0.1, 0.15) is 10.4 Å². The van der Waals surface area contributed by atoms with E-state index in [4.69, 9.17) is 0 Å². The first-order valence-corrected chi connectivity index (χ1v) is 5.24. The molecule has 14 heavy (non-hydrogen) atoms. The summed E-state index contributed by atoms with van der Waals surface area (Å²) in [6, 6.07) is 8.35. The number of fused-ring (bicyclic) bond motifs is 1. The van der Waals surface area contributed by atoms with Crippen LogP contribution in [0.15, 0.2) is 30.3 Å². The van der Waals surface area contributed by atoms with Gasteiger partial charge in [0.2, 0.25) is 0 Å². The Morgan fingerprint density at radius 1 is 1.36 bits per heavy atom.